The maximum atomic E-state index is 11.9. The van der Waals surface area contributed by atoms with Crippen LogP contribution in [0.1, 0.15) is 40.2 Å². The van der Waals surface area contributed by atoms with Crippen LogP contribution in [-0.2, 0) is 4.74 Å². The monoisotopic (exact) mass is 462 g/mol. The minimum Gasteiger partial charge on any atom is -0.444 e. The van der Waals surface area contributed by atoms with E-state index in [1.807, 2.05) is 65.8 Å². The number of alkyl carbamates (subject to hydrolysis) is 1. The van der Waals surface area contributed by atoms with E-state index in [4.69, 9.17) is 10.5 Å². The molecule has 25 heavy (non-hydrogen) atoms. The van der Waals surface area contributed by atoms with Gasteiger partial charge in [0, 0.05) is 5.69 Å². The molecule has 0 aromatic heterocycles. The van der Waals surface area contributed by atoms with Crippen molar-refractivity contribution in [2.45, 2.75) is 53.2 Å². The van der Waals surface area contributed by atoms with Crippen molar-refractivity contribution in [2.75, 3.05) is 11.9 Å². The second-order valence-corrected chi connectivity index (χ2v) is 7.21. The molecule has 7 heteroatoms. The number of aliphatic imine (C=N–C) groups is 1. The molecule has 0 fully saturated rings. The van der Waals surface area contributed by atoms with Crippen LogP contribution in [0.2, 0.25) is 0 Å². The van der Waals surface area contributed by atoms with Crippen molar-refractivity contribution in [1.29, 1.82) is 0 Å². The normalized spacial score (nSPS) is 13.0. The number of carbonyl (C=O) groups is 1. The SMILES string of the molecule is Cc1ccc(NC(N)=NCC(NC(=O)OC(C)(C)C)C(C)C)cc1.I. The van der Waals surface area contributed by atoms with E-state index in [1.165, 1.54) is 5.56 Å². The van der Waals surface area contributed by atoms with Crippen LogP contribution in [0.5, 0.6) is 0 Å². The van der Waals surface area contributed by atoms with Crippen LogP contribution in [0.3, 0.4) is 0 Å². The summed E-state index contributed by atoms with van der Waals surface area (Å²) in [7, 11) is 0. The molecule has 0 spiro atoms. The average Bonchev–Trinajstić information content (AvgIpc) is 2.43. The number of guanidine groups is 1. The number of rotatable bonds is 5. The number of anilines is 1. The van der Waals surface area contributed by atoms with Crippen molar-refractivity contribution < 1.29 is 9.53 Å². The quantitative estimate of drug-likeness (QED) is 0.352. The minimum absolute atomic E-state index is 0. The third-order valence-corrected chi connectivity index (χ3v) is 3.29. The van der Waals surface area contributed by atoms with E-state index in [0.717, 1.165) is 5.69 Å². The molecule has 0 radical (unpaired) electrons. The van der Waals surface area contributed by atoms with Gasteiger partial charge in [-0.25, -0.2) is 4.79 Å². The molecule has 6 nitrogen and oxygen atoms in total. The fourth-order valence-corrected chi connectivity index (χ4v) is 1.90. The smallest absolute Gasteiger partial charge is 0.407 e. The highest BCUT2D eigenvalue weighted by molar-refractivity contribution is 14.0. The predicted octanol–water partition coefficient (Wildman–Crippen LogP) is 3.89. The molecule has 1 aromatic carbocycles. The highest BCUT2D eigenvalue weighted by atomic mass is 127. The summed E-state index contributed by atoms with van der Waals surface area (Å²) in [6.45, 7) is 11.9. The number of carbonyl (C=O) groups excluding carboxylic acids is 1. The molecule has 1 atom stereocenters. The van der Waals surface area contributed by atoms with E-state index in [0.29, 0.717) is 12.5 Å². The van der Waals surface area contributed by atoms with E-state index in [1.54, 1.807) is 0 Å². The molecule has 1 amide bonds. The molecular formula is C18H31IN4O2. The van der Waals surface area contributed by atoms with Gasteiger partial charge >= 0.3 is 6.09 Å². The Kier molecular flexibility index (Phi) is 9.84. The molecular weight excluding hydrogens is 431 g/mol. The van der Waals surface area contributed by atoms with Gasteiger partial charge in [-0.2, -0.15) is 0 Å². The van der Waals surface area contributed by atoms with Crippen LogP contribution in [0, 0.1) is 12.8 Å². The van der Waals surface area contributed by atoms with Crippen molar-refractivity contribution in [3.63, 3.8) is 0 Å². The summed E-state index contributed by atoms with van der Waals surface area (Å²) >= 11 is 0. The second kappa shape index (κ2) is 10.5. The second-order valence-electron chi connectivity index (χ2n) is 7.21. The summed E-state index contributed by atoms with van der Waals surface area (Å²) in [4.78, 5) is 16.2. The van der Waals surface area contributed by atoms with Gasteiger partial charge in [0.15, 0.2) is 5.96 Å². The summed E-state index contributed by atoms with van der Waals surface area (Å²) in [6.07, 6.45) is -0.443. The van der Waals surface area contributed by atoms with Crippen molar-refractivity contribution in [3.8, 4) is 0 Å². The van der Waals surface area contributed by atoms with Gasteiger partial charge in [0.05, 0.1) is 12.6 Å². The first-order valence-corrected chi connectivity index (χ1v) is 8.20. The number of hydrogen-bond acceptors (Lipinski definition) is 3. The number of aryl methyl sites for hydroxylation is 1. The van der Waals surface area contributed by atoms with Crippen LogP contribution in [-0.4, -0.2) is 30.2 Å². The Morgan fingerprint density at radius 2 is 1.80 bits per heavy atom. The number of benzene rings is 1. The molecule has 1 aromatic rings. The summed E-state index contributed by atoms with van der Waals surface area (Å²) in [5.74, 6) is 0.518. The van der Waals surface area contributed by atoms with Gasteiger partial charge in [-0.1, -0.05) is 31.5 Å². The first-order valence-electron chi connectivity index (χ1n) is 8.20. The Morgan fingerprint density at radius 1 is 1.24 bits per heavy atom. The lowest BCUT2D eigenvalue weighted by Crippen LogP contribution is -2.44. The Hall–Kier alpha value is -1.51. The predicted molar refractivity (Wildman–Crippen MR) is 115 cm³/mol. The molecule has 0 bridgehead atoms. The standard InChI is InChI=1S/C18H30N4O2.HI/c1-12(2)15(22-17(23)24-18(4,5)6)11-20-16(19)21-14-9-7-13(3)8-10-14;/h7-10,12,15H,11H2,1-6H3,(H,22,23)(H3,19,20,21);1H. The minimum atomic E-state index is -0.527. The lowest BCUT2D eigenvalue weighted by molar-refractivity contribution is 0.0493. The van der Waals surface area contributed by atoms with Crippen LogP contribution in [0.4, 0.5) is 10.5 Å². The molecule has 0 aliphatic carbocycles. The van der Waals surface area contributed by atoms with Crippen molar-refractivity contribution in [1.82, 2.24) is 5.32 Å². The molecule has 0 saturated heterocycles. The Labute approximate surface area is 168 Å². The fourth-order valence-electron chi connectivity index (χ4n) is 1.90. The lowest BCUT2D eigenvalue weighted by atomic mass is 10.1. The molecule has 0 aliphatic rings. The zero-order valence-corrected chi connectivity index (χ0v) is 18.3. The largest absolute Gasteiger partial charge is 0.444 e. The average molecular weight is 462 g/mol. The van der Waals surface area contributed by atoms with E-state index < -0.39 is 11.7 Å². The molecule has 0 saturated carbocycles. The number of nitrogens with two attached hydrogens (primary N) is 1. The van der Waals surface area contributed by atoms with Crippen LogP contribution < -0.4 is 16.4 Å². The van der Waals surface area contributed by atoms with Gasteiger partial charge in [0.25, 0.3) is 0 Å². The van der Waals surface area contributed by atoms with Gasteiger partial charge in [-0.3, -0.25) is 4.99 Å². The summed E-state index contributed by atoms with van der Waals surface area (Å²) in [6, 6.07) is 7.72. The summed E-state index contributed by atoms with van der Waals surface area (Å²) in [5.41, 5.74) is 7.45. The molecule has 4 N–H and O–H groups in total. The zero-order chi connectivity index (χ0) is 18.3. The first kappa shape index (κ1) is 23.5. The zero-order valence-electron chi connectivity index (χ0n) is 15.9. The molecule has 142 valence electrons. The number of ether oxygens (including phenoxy) is 1. The number of nitrogens with one attached hydrogen (secondary N) is 2. The van der Waals surface area contributed by atoms with Crippen molar-refractivity contribution >= 4 is 41.7 Å². The molecule has 0 heterocycles. The van der Waals surface area contributed by atoms with Gasteiger partial charge in [0.1, 0.15) is 5.60 Å². The van der Waals surface area contributed by atoms with Gasteiger partial charge in [-0.15, -0.1) is 24.0 Å². The third-order valence-electron chi connectivity index (χ3n) is 3.29. The Bertz CT molecular complexity index is 565. The molecule has 1 unspecified atom stereocenters. The van der Waals surface area contributed by atoms with Crippen LogP contribution >= 0.6 is 24.0 Å². The highest BCUT2D eigenvalue weighted by Crippen LogP contribution is 2.10. The number of amides is 1. The molecule has 1 rings (SSSR count). The summed E-state index contributed by atoms with van der Waals surface area (Å²) < 4.78 is 5.29. The van der Waals surface area contributed by atoms with Gasteiger partial charge < -0.3 is 21.1 Å². The topological polar surface area (TPSA) is 88.7 Å². The van der Waals surface area contributed by atoms with Crippen LogP contribution in [0.25, 0.3) is 0 Å². The van der Waals surface area contributed by atoms with E-state index in [2.05, 4.69) is 15.6 Å². The van der Waals surface area contributed by atoms with Crippen LogP contribution in [0.15, 0.2) is 29.3 Å². The summed E-state index contributed by atoms with van der Waals surface area (Å²) in [5, 5.41) is 5.89. The number of halogens is 1. The fraction of sp³-hybridized carbons (Fsp3) is 0.556. The first-order chi connectivity index (χ1) is 11.1. The van der Waals surface area contributed by atoms with E-state index in [-0.39, 0.29) is 35.9 Å². The molecule has 0 aliphatic heterocycles. The van der Waals surface area contributed by atoms with E-state index in [9.17, 15) is 4.79 Å². The van der Waals surface area contributed by atoms with Crippen molar-refractivity contribution in [2.24, 2.45) is 16.6 Å². The van der Waals surface area contributed by atoms with E-state index >= 15 is 0 Å². The number of nitrogens with zero attached hydrogens (tertiary/aromatic N) is 1. The maximum absolute atomic E-state index is 11.9. The highest BCUT2D eigenvalue weighted by Gasteiger charge is 2.21. The van der Waals surface area contributed by atoms with Gasteiger partial charge in [0.2, 0.25) is 0 Å². The lowest BCUT2D eigenvalue weighted by Gasteiger charge is -2.25. The van der Waals surface area contributed by atoms with Crippen molar-refractivity contribution in [3.05, 3.63) is 29.8 Å². The Morgan fingerprint density at radius 3 is 2.28 bits per heavy atom. The Balaban J connectivity index is 0.00000576. The van der Waals surface area contributed by atoms with Gasteiger partial charge in [-0.05, 0) is 45.7 Å². The maximum Gasteiger partial charge on any atom is 0.407 e. The number of hydrogen-bond donors (Lipinski definition) is 3. The third kappa shape index (κ3) is 10.2.